The van der Waals surface area contributed by atoms with Crippen LogP contribution in [0.1, 0.15) is 71.9 Å². The van der Waals surface area contributed by atoms with Crippen molar-refractivity contribution >= 4 is 40.6 Å². The number of benzene rings is 1. The highest BCUT2D eigenvalue weighted by molar-refractivity contribution is 8.18. The van der Waals surface area contributed by atoms with Crippen molar-refractivity contribution in [3.8, 4) is 0 Å². The number of imide groups is 1. The number of carbonyl (C=O) groups excluding carboxylic acids is 3. The Bertz CT molecular complexity index is 938. The molecule has 0 radical (unpaired) electrons. The average Bonchev–Trinajstić information content (AvgIpc) is 2.94. The Hall–Kier alpha value is -2.28. The van der Waals surface area contributed by atoms with Crippen LogP contribution in [0.5, 0.6) is 0 Å². The van der Waals surface area contributed by atoms with Crippen LogP contribution in [0.2, 0.25) is 0 Å². The fourth-order valence-corrected chi connectivity index (χ4v) is 5.78. The van der Waals surface area contributed by atoms with Gasteiger partial charge in [0.05, 0.1) is 11.5 Å². The van der Waals surface area contributed by atoms with E-state index in [1.165, 1.54) is 18.2 Å². The van der Waals surface area contributed by atoms with Crippen molar-refractivity contribution < 1.29 is 19.1 Å². The number of esters is 1. The van der Waals surface area contributed by atoms with Gasteiger partial charge in [-0.25, -0.2) is 4.79 Å². The summed E-state index contributed by atoms with van der Waals surface area (Å²) in [5, 5.41) is -0.448. The van der Waals surface area contributed by atoms with Crippen LogP contribution < -0.4 is 4.90 Å². The van der Waals surface area contributed by atoms with Crippen LogP contribution in [0.15, 0.2) is 23.1 Å². The minimum atomic E-state index is -0.941. The van der Waals surface area contributed by atoms with E-state index in [1.54, 1.807) is 13.0 Å². The smallest absolute Gasteiger partial charge is 0.329 e. The first-order valence-electron chi connectivity index (χ1n) is 10.8. The van der Waals surface area contributed by atoms with Crippen LogP contribution >= 0.6 is 11.8 Å². The van der Waals surface area contributed by atoms with Gasteiger partial charge in [-0.3, -0.25) is 14.5 Å². The van der Waals surface area contributed by atoms with Gasteiger partial charge < -0.3 is 9.64 Å². The molecule has 2 amide bonds. The topological polar surface area (TPSA) is 66.9 Å². The summed E-state index contributed by atoms with van der Waals surface area (Å²) in [5.74, 6) is -0.649. The third-order valence-corrected chi connectivity index (χ3v) is 6.84. The maximum atomic E-state index is 12.9. The molecule has 2 atom stereocenters. The van der Waals surface area contributed by atoms with Crippen molar-refractivity contribution in [2.45, 2.75) is 78.4 Å². The van der Waals surface area contributed by atoms with E-state index in [-0.39, 0.29) is 12.1 Å². The van der Waals surface area contributed by atoms with Crippen molar-refractivity contribution in [1.82, 2.24) is 4.90 Å². The van der Waals surface area contributed by atoms with Crippen molar-refractivity contribution in [2.75, 3.05) is 11.5 Å². The van der Waals surface area contributed by atoms with E-state index < -0.39 is 23.2 Å². The monoisotopic (exact) mass is 444 g/mol. The Labute approximate surface area is 189 Å². The zero-order chi connectivity index (χ0) is 23.1. The van der Waals surface area contributed by atoms with E-state index in [4.69, 9.17) is 4.74 Å². The summed E-state index contributed by atoms with van der Waals surface area (Å²) in [4.78, 5) is 41.1. The maximum absolute atomic E-state index is 12.9. The fourth-order valence-electron chi connectivity index (χ4n) is 4.87. The summed E-state index contributed by atoms with van der Waals surface area (Å²) >= 11 is 0.864. The predicted octanol–water partition coefficient (Wildman–Crippen LogP) is 5.18. The van der Waals surface area contributed by atoms with Gasteiger partial charge in [0, 0.05) is 17.3 Å². The van der Waals surface area contributed by atoms with Gasteiger partial charge in [-0.2, -0.15) is 0 Å². The largest absolute Gasteiger partial charge is 0.464 e. The Balaban J connectivity index is 1.92. The van der Waals surface area contributed by atoms with Crippen LogP contribution in [0.3, 0.4) is 0 Å². The van der Waals surface area contributed by atoms with Gasteiger partial charge in [0.15, 0.2) is 0 Å². The lowest BCUT2D eigenvalue weighted by molar-refractivity contribution is -0.150. The van der Waals surface area contributed by atoms with Crippen LogP contribution in [0.25, 0.3) is 6.08 Å². The standard InChI is InChI=1S/C24H32N2O4S/c1-8-30-22(28)16(5)25-21(27)20(31-23(25)29)12-17-9-10-19-18(11-17)15(4)13-24(6,7)26(19)14(2)3/h9-12,14-16H,8,13H2,1-7H3/b20-12+/t15-,16+/m0/s1. The van der Waals surface area contributed by atoms with E-state index >= 15 is 0 Å². The second-order valence-electron chi connectivity index (χ2n) is 9.18. The number of nitrogens with zero attached hydrogens (tertiary/aromatic N) is 2. The van der Waals surface area contributed by atoms with Crippen molar-refractivity contribution in [3.05, 3.63) is 34.2 Å². The zero-order valence-electron chi connectivity index (χ0n) is 19.4. The number of thioether (sulfide) groups is 1. The molecule has 0 aliphatic carbocycles. The zero-order valence-corrected chi connectivity index (χ0v) is 20.2. The third-order valence-electron chi connectivity index (χ3n) is 5.95. The van der Waals surface area contributed by atoms with Crippen molar-refractivity contribution in [1.29, 1.82) is 0 Å². The Morgan fingerprint density at radius 2 is 1.97 bits per heavy atom. The second kappa shape index (κ2) is 8.69. The number of fused-ring (bicyclic) bond motifs is 1. The third kappa shape index (κ3) is 4.38. The van der Waals surface area contributed by atoms with Gasteiger partial charge in [-0.15, -0.1) is 0 Å². The molecule has 168 valence electrons. The lowest BCUT2D eigenvalue weighted by Gasteiger charge is -2.50. The molecule has 0 unspecified atom stereocenters. The summed E-state index contributed by atoms with van der Waals surface area (Å²) in [6.07, 6.45) is 2.78. The second-order valence-corrected chi connectivity index (χ2v) is 10.2. The van der Waals surface area contributed by atoms with Crippen molar-refractivity contribution in [2.24, 2.45) is 0 Å². The SMILES string of the molecule is CCOC(=O)[C@@H](C)N1C(=O)S/C(=C/c2ccc3c(c2)[C@@H](C)CC(C)(C)N3C(C)C)C1=O. The molecule has 2 aliphatic heterocycles. The van der Waals surface area contributed by atoms with Crippen molar-refractivity contribution in [3.63, 3.8) is 0 Å². The minimum absolute atomic E-state index is 0.0635. The molecule has 0 N–H and O–H groups in total. The molecule has 31 heavy (non-hydrogen) atoms. The van der Waals surface area contributed by atoms with E-state index in [0.717, 1.165) is 28.6 Å². The molecule has 2 heterocycles. The van der Waals surface area contributed by atoms with E-state index in [2.05, 4.69) is 51.7 Å². The molecule has 1 saturated heterocycles. The number of rotatable bonds is 5. The maximum Gasteiger partial charge on any atom is 0.329 e. The van der Waals surface area contributed by atoms with Crippen LogP contribution in [0, 0.1) is 0 Å². The number of amides is 2. The summed E-state index contributed by atoms with van der Waals surface area (Å²) < 4.78 is 4.97. The molecular weight excluding hydrogens is 412 g/mol. The minimum Gasteiger partial charge on any atom is -0.464 e. The predicted molar refractivity (Wildman–Crippen MR) is 125 cm³/mol. The van der Waals surface area contributed by atoms with Crippen LogP contribution in [-0.2, 0) is 14.3 Å². The van der Waals surface area contributed by atoms with Gasteiger partial charge >= 0.3 is 5.97 Å². The fraction of sp³-hybridized carbons (Fsp3) is 0.542. The lowest BCUT2D eigenvalue weighted by atomic mass is 9.79. The molecule has 0 aromatic heterocycles. The molecule has 1 aromatic carbocycles. The van der Waals surface area contributed by atoms with Gasteiger partial charge in [0.25, 0.3) is 11.1 Å². The molecule has 3 rings (SSSR count). The quantitative estimate of drug-likeness (QED) is 0.461. The molecule has 0 bridgehead atoms. The molecule has 7 heteroatoms. The molecule has 1 fully saturated rings. The highest BCUT2D eigenvalue weighted by Gasteiger charge is 2.42. The highest BCUT2D eigenvalue weighted by Crippen LogP contribution is 2.45. The summed E-state index contributed by atoms with van der Waals surface area (Å²) in [6.45, 7) is 14.6. The Kier molecular flexibility index (Phi) is 6.56. The molecule has 2 aliphatic rings. The number of anilines is 1. The Morgan fingerprint density at radius 3 is 2.58 bits per heavy atom. The normalized spacial score (nSPS) is 22.8. The summed E-state index contributed by atoms with van der Waals surface area (Å²) in [6, 6.07) is 5.65. The first-order valence-corrected chi connectivity index (χ1v) is 11.7. The van der Waals surface area contributed by atoms with E-state index in [1.807, 2.05) is 6.07 Å². The number of carbonyl (C=O) groups is 3. The van der Waals surface area contributed by atoms with Gasteiger partial charge in [-0.1, -0.05) is 13.0 Å². The average molecular weight is 445 g/mol. The summed E-state index contributed by atoms with van der Waals surface area (Å²) in [7, 11) is 0. The number of hydrogen-bond acceptors (Lipinski definition) is 6. The molecule has 6 nitrogen and oxygen atoms in total. The highest BCUT2D eigenvalue weighted by atomic mass is 32.2. The molecular formula is C24H32N2O4S. The molecule has 1 aromatic rings. The van der Waals surface area contributed by atoms with Gasteiger partial charge in [-0.05, 0) is 95.0 Å². The Morgan fingerprint density at radius 1 is 1.29 bits per heavy atom. The van der Waals surface area contributed by atoms with E-state index in [0.29, 0.717) is 16.9 Å². The molecule has 0 spiro atoms. The van der Waals surface area contributed by atoms with Gasteiger partial charge in [0.2, 0.25) is 0 Å². The first-order chi connectivity index (χ1) is 14.5. The van der Waals surface area contributed by atoms with Gasteiger partial charge in [0.1, 0.15) is 6.04 Å². The number of ether oxygens (including phenoxy) is 1. The lowest BCUT2D eigenvalue weighted by Crippen LogP contribution is -2.51. The number of hydrogen-bond donors (Lipinski definition) is 0. The first kappa shape index (κ1) is 23.4. The molecule has 0 saturated carbocycles. The van der Waals surface area contributed by atoms with E-state index in [9.17, 15) is 14.4 Å². The van der Waals surface area contributed by atoms with Crippen LogP contribution in [-0.4, -0.2) is 46.2 Å². The van der Waals surface area contributed by atoms with Crippen LogP contribution in [0.4, 0.5) is 10.5 Å². The summed E-state index contributed by atoms with van der Waals surface area (Å²) in [5.41, 5.74) is 3.41.